The Hall–Kier alpha value is -2.53. The first kappa shape index (κ1) is 14.4. The predicted molar refractivity (Wildman–Crippen MR) is 95.3 cm³/mol. The molecule has 1 heterocycles. The molecule has 0 aliphatic heterocycles. The van der Waals surface area contributed by atoms with Crippen molar-refractivity contribution in [2.45, 2.75) is 13.8 Å². The Balaban J connectivity index is 1.81. The van der Waals surface area contributed by atoms with Crippen LogP contribution in [0.2, 0.25) is 0 Å². The Morgan fingerprint density at radius 3 is 2.36 bits per heavy atom. The van der Waals surface area contributed by atoms with Crippen LogP contribution in [0.25, 0.3) is 10.8 Å². The van der Waals surface area contributed by atoms with E-state index < -0.39 is 0 Å². The molecule has 110 valence electrons. The molecule has 22 heavy (non-hydrogen) atoms. The van der Waals surface area contributed by atoms with Crippen LogP contribution in [0, 0.1) is 13.8 Å². The van der Waals surface area contributed by atoms with Gasteiger partial charge >= 0.3 is 0 Å². The molecule has 2 N–H and O–H groups in total. The topological polar surface area (TPSA) is 49.8 Å². The Labute approximate surface area is 134 Å². The Bertz CT molecular complexity index is 819. The van der Waals surface area contributed by atoms with Gasteiger partial charge in [0, 0.05) is 22.5 Å². The van der Waals surface area contributed by atoms with Crippen molar-refractivity contribution in [3.05, 3.63) is 59.9 Å². The van der Waals surface area contributed by atoms with Gasteiger partial charge in [-0.05, 0) is 43.6 Å². The second-order valence-electron chi connectivity index (χ2n) is 5.08. The third kappa shape index (κ3) is 3.20. The van der Waals surface area contributed by atoms with Gasteiger partial charge < -0.3 is 10.6 Å². The van der Waals surface area contributed by atoms with Crippen molar-refractivity contribution >= 4 is 39.7 Å². The molecule has 0 spiro atoms. The molecule has 0 amide bonds. The fourth-order valence-corrected chi connectivity index (χ4v) is 2.57. The summed E-state index contributed by atoms with van der Waals surface area (Å²) in [5.74, 6) is 0.509. The molecular formula is C17H16N4S. The van der Waals surface area contributed by atoms with Crippen molar-refractivity contribution in [2.75, 3.05) is 10.6 Å². The van der Waals surface area contributed by atoms with E-state index in [1.54, 1.807) is 0 Å². The minimum absolute atomic E-state index is 0.473. The average molecular weight is 308 g/mol. The number of hydrogen-bond donors (Lipinski definition) is 2. The first-order valence-corrected chi connectivity index (χ1v) is 7.41. The van der Waals surface area contributed by atoms with E-state index in [-0.39, 0.29) is 0 Å². The number of aromatic nitrogens is 2. The van der Waals surface area contributed by atoms with Crippen LogP contribution >= 0.6 is 12.2 Å². The van der Waals surface area contributed by atoms with Gasteiger partial charge in [-0.1, -0.05) is 36.4 Å². The molecule has 0 fully saturated rings. The maximum atomic E-state index is 5.37. The number of aryl methyl sites for hydroxylation is 2. The molecule has 3 aromatic rings. The van der Waals surface area contributed by atoms with Crippen LogP contribution in [0.5, 0.6) is 0 Å². The van der Waals surface area contributed by atoms with Gasteiger partial charge in [0.05, 0.1) is 0 Å². The SMILES string of the molecule is Cc1cc(C)nc(NC(=S)Nc2cccc3ccccc23)n1. The molecule has 0 unspecified atom stereocenters. The van der Waals surface area contributed by atoms with Gasteiger partial charge in [-0.2, -0.15) is 0 Å². The molecule has 0 aliphatic rings. The first-order chi connectivity index (χ1) is 10.6. The van der Waals surface area contributed by atoms with Crippen molar-refractivity contribution in [3.63, 3.8) is 0 Å². The summed E-state index contributed by atoms with van der Waals surface area (Å²) in [6.07, 6.45) is 0. The molecule has 0 saturated carbocycles. The van der Waals surface area contributed by atoms with Crippen LogP contribution in [0.1, 0.15) is 11.4 Å². The zero-order valence-corrected chi connectivity index (χ0v) is 13.2. The molecule has 1 aromatic heterocycles. The highest BCUT2D eigenvalue weighted by atomic mass is 32.1. The van der Waals surface area contributed by atoms with Crippen molar-refractivity contribution in [1.82, 2.24) is 9.97 Å². The van der Waals surface area contributed by atoms with Crippen LogP contribution in [0.3, 0.4) is 0 Å². The van der Waals surface area contributed by atoms with E-state index in [9.17, 15) is 0 Å². The second kappa shape index (κ2) is 6.07. The van der Waals surface area contributed by atoms with Crippen LogP contribution < -0.4 is 10.6 Å². The first-order valence-electron chi connectivity index (χ1n) is 7.00. The highest BCUT2D eigenvalue weighted by molar-refractivity contribution is 7.80. The Morgan fingerprint density at radius 2 is 1.59 bits per heavy atom. The summed E-state index contributed by atoms with van der Waals surface area (Å²) in [7, 11) is 0. The van der Waals surface area contributed by atoms with Gasteiger partial charge in [-0.3, -0.25) is 0 Å². The molecule has 5 heteroatoms. The minimum Gasteiger partial charge on any atom is -0.332 e. The van der Waals surface area contributed by atoms with Crippen molar-refractivity contribution in [1.29, 1.82) is 0 Å². The summed E-state index contributed by atoms with van der Waals surface area (Å²) >= 11 is 5.37. The van der Waals surface area contributed by atoms with E-state index in [1.165, 1.54) is 0 Å². The zero-order chi connectivity index (χ0) is 15.5. The third-order valence-corrected chi connectivity index (χ3v) is 3.45. The largest absolute Gasteiger partial charge is 0.332 e. The normalized spacial score (nSPS) is 10.5. The second-order valence-corrected chi connectivity index (χ2v) is 5.49. The minimum atomic E-state index is 0.473. The van der Waals surface area contributed by atoms with E-state index >= 15 is 0 Å². The maximum absolute atomic E-state index is 5.37. The molecule has 3 rings (SSSR count). The molecular weight excluding hydrogens is 292 g/mol. The summed E-state index contributed by atoms with van der Waals surface area (Å²) in [6.45, 7) is 3.86. The summed E-state index contributed by atoms with van der Waals surface area (Å²) in [5, 5.41) is 9.01. The zero-order valence-electron chi connectivity index (χ0n) is 12.4. The number of rotatable bonds is 2. The maximum Gasteiger partial charge on any atom is 0.229 e. The van der Waals surface area contributed by atoms with Crippen LogP contribution in [-0.4, -0.2) is 15.1 Å². The number of nitrogens with zero attached hydrogens (tertiary/aromatic N) is 2. The van der Waals surface area contributed by atoms with Crippen molar-refractivity contribution in [3.8, 4) is 0 Å². The van der Waals surface area contributed by atoms with E-state index in [1.807, 2.05) is 44.2 Å². The lowest BCUT2D eigenvalue weighted by Crippen LogP contribution is -2.21. The summed E-state index contributed by atoms with van der Waals surface area (Å²) in [4.78, 5) is 8.66. The Morgan fingerprint density at radius 1 is 0.909 bits per heavy atom. The molecule has 0 aliphatic carbocycles. The van der Waals surface area contributed by atoms with E-state index in [2.05, 4.69) is 38.8 Å². The van der Waals surface area contributed by atoms with Gasteiger partial charge in [0.2, 0.25) is 5.95 Å². The number of anilines is 2. The van der Waals surface area contributed by atoms with Crippen LogP contribution in [0.4, 0.5) is 11.6 Å². The van der Waals surface area contributed by atoms with Crippen molar-refractivity contribution in [2.24, 2.45) is 0 Å². The Kier molecular flexibility index (Phi) is 3.98. The molecule has 0 bridgehead atoms. The molecule has 4 nitrogen and oxygen atoms in total. The number of fused-ring (bicyclic) bond motifs is 1. The van der Waals surface area contributed by atoms with E-state index in [0.717, 1.165) is 27.8 Å². The fourth-order valence-electron chi connectivity index (χ4n) is 2.37. The lowest BCUT2D eigenvalue weighted by Gasteiger charge is -2.12. The summed E-state index contributed by atoms with van der Waals surface area (Å²) < 4.78 is 0. The van der Waals surface area contributed by atoms with Crippen LogP contribution in [-0.2, 0) is 0 Å². The number of hydrogen-bond acceptors (Lipinski definition) is 3. The molecule has 0 saturated heterocycles. The lowest BCUT2D eigenvalue weighted by molar-refractivity contribution is 1.07. The van der Waals surface area contributed by atoms with Gasteiger partial charge in [0.1, 0.15) is 0 Å². The summed E-state index contributed by atoms with van der Waals surface area (Å²) in [6, 6.07) is 16.2. The van der Waals surface area contributed by atoms with Crippen LogP contribution in [0.15, 0.2) is 48.5 Å². The summed E-state index contributed by atoms with van der Waals surface area (Å²) in [5.41, 5.74) is 2.77. The molecule has 0 atom stereocenters. The monoisotopic (exact) mass is 308 g/mol. The number of thiocarbonyl (C=S) groups is 1. The van der Waals surface area contributed by atoms with Gasteiger partial charge in [-0.15, -0.1) is 0 Å². The lowest BCUT2D eigenvalue weighted by atomic mass is 10.1. The standard InChI is InChI=1S/C17H16N4S/c1-11-10-12(2)19-16(18-11)21-17(22)20-15-9-5-7-13-6-3-4-8-14(13)15/h3-10H,1-2H3,(H2,18,19,20,21,22). The third-order valence-electron chi connectivity index (χ3n) is 3.25. The predicted octanol–water partition coefficient (Wildman–Crippen LogP) is 4.06. The van der Waals surface area contributed by atoms with E-state index in [4.69, 9.17) is 12.2 Å². The van der Waals surface area contributed by atoms with Gasteiger partial charge in [0.15, 0.2) is 5.11 Å². The highest BCUT2D eigenvalue weighted by Crippen LogP contribution is 2.23. The van der Waals surface area contributed by atoms with Crippen molar-refractivity contribution < 1.29 is 0 Å². The molecule has 0 radical (unpaired) electrons. The smallest absolute Gasteiger partial charge is 0.229 e. The number of benzene rings is 2. The fraction of sp³-hybridized carbons (Fsp3) is 0.118. The quantitative estimate of drug-likeness (QED) is 0.699. The molecule has 2 aromatic carbocycles. The number of nitrogens with one attached hydrogen (secondary N) is 2. The van der Waals surface area contributed by atoms with Gasteiger partial charge in [-0.25, -0.2) is 9.97 Å². The average Bonchev–Trinajstić information content (AvgIpc) is 2.46. The highest BCUT2D eigenvalue weighted by Gasteiger charge is 2.05. The van der Waals surface area contributed by atoms with Gasteiger partial charge in [0.25, 0.3) is 0 Å². The van der Waals surface area contributed by atoms with E-state index in [0.29, 0.717) is 11.1 Å².